The first-order chi connectivity index (χ1) is 6.88. The summed E-state index contributed by atoms with van der Waals surface area (Å²) in [7, 11) is -2.94. The Bertz CT molecular complexity index is 435. The zero-order valence-electron chi connectivity index (χ0n) is 9.28. The molecule has 0 spiro atoms. The van der Waals surface area contributed by atoms with Gasteiger partial charge in [-0.15, -0.1) is 0 Å². The molecule has 0 bridgehead atoms. The summed E-state index contributed by atoms with van der Waals surface area (Å²) in [6, 6.07) is 5.82. The molecule has 0 aliphatic rings. The van der Waals surface area contributed by atoms with Crippen molar-refractivity contribution in [1.29, 1.82) is 0 Å². The molecule has 0 unspecified atom stereocenters. The van der Waals surface area contributed by atoms with Crippen molar-refractivity contribution in [2.75, 3.05) is 18.6 Å². The molecule has 0 aliphatic heterocycles. The molecular weight excluding hydrogens is 212 g/mol. The highest BCUT2D eigenvalue weighted by Crippen LogP contribution is 2.18. The molecule has 0 aliphatic carbocycles. The van der Waals surface area contributed by atoms with Crippen molar-refractivity contribution in [2.45, 2.75) is 13.8 Å². The molecule has 0 atom stereocenters. The molecule has 0 radical (unpaired) electrons. The van der Waals surface area contributed by atoms with Crippen LogP contribution in [-0.4, -0.2) is 27.0 Å². The zero-order chi connectivity index (χ0) is 11.5. The van der Waals surface area contributed by atoms with E-state index in [1.807, 2.05) is 32.0 Å². The van der Waals surface area contributed by atoms with Crippen LogP contribution in [0.5, 0.6) is 5.75 Å². The van der Waals surface area contributed by atoms with Crippen molar-refractivity contribution in [2.24, 2.45) is 0 Å². The van der Waals surface area contributed by atoms with Gasteiger partial charge in [0.2, 0.25) is 0 Å². The lowest BCUT2D eigenvalue weighted by Crippen LogP contribution is -2.12. The Morgan fingerprint density at radius 3 is 2.47 bits per heavy atom. The Labute approximate surface area is 91.0 Å². The van der Waals surface area contributed by atoms with Gasteiger partial charge in [-0.05, 0) is 25.5 Å². The van der Waals surface area contributed by atoms with Crippen LogP contribution in [0, 0.1) is 13.8 Å². The van der Waals surface area contributed by atoms with Crippen molar-refractivity contribution >= 4 is 9.84 Å². The van der Waals surface area contributed by atoms with Gasteiger partial charge < -0.3 is 4.74 Å². The number of hydrogen-bond donors (Lipinski definition) is 0. The van der Waals surface area contributed by atoms with Gasteiger partial charge in [-0.1, -0.05) is 17.7 Å². The second kappa shape index (κ2) is 4.66. The third-order valence-electron chi connectivity index (χ3n) is 2.04. The maximum Gasteiger partial charge on any atom is 0.150 e. The molecule has 0 aromatic heterocycles. The molecule has 84 valence electrons. The molecule has 0 heterocycles. The number of rotatable bonds is 4. The van der Waals surface area contributed by atoms with Gasteiger partial charge in [0.05, 0.1) is 5.75 Å². The normalized spacial score (nSPS) is 11.4. The van der Waals surface area contributed by atoms with E-state index < -0.39 is 9.84 Å². The first-order valence-corrected chi connectivity index (χ1v) is 6.82. The topological polar surface area (TPSA) is 43.4 Å². The molecule has 3 nitrogen and oxygen atoms in total. The Kier molecular flexibility index (Phi) is 3.74. The molecule has 0 N–H and O–H groups in total. The maximum absolute atomic E-state index is 10.9. The fourth-order valence-corrected chi connectivity index (χ4v) is 1.65. The van der Waals surface area contributed by atoms with Crippen LogP contribution in [0.4, 0.5) is 0 Å². The summed E-state index contributed by atoms with van der Waals surface area (Å²) in [5.74, 6) is 0.810. The molecule has 0 saturated heterocycles. The van der Waals surface area contributed by atoms with Crippen LogP contribution in [0.3, 0.4) is 0 Å². The molecule has 0 amide bonds. The van der Waals surface area contributed by atoms with E-state index in [-0.39, 0.29) is 12.4 Å². The van der Waals surface area contributed by atoms with E-state index in [1.54, 1.807) is 0 Å². The van der Waals surface area contributed by atoms with Crippen LogP contribution >= 0.6 is 0 Å². The van der Waals surface area contributed by atoms with Gasteiger partial charge in [0.15, 0.2) is 9.84 Å². The quantitative estimate of drug-likeness (QED) is 0.788. The van der Waals surface area contributed by atoms with Gasteiger partial charge in [-0.3, -0.25) is 0 Å². The van der Waals surface area contributed by atoms with Crippen LogP contribution in [0.15, 0.2) is 18.2 Å². The lowest BCUT2D eigenvalue weighted by atomic mass is 10.1. The average molecular weight is 228 g/mol. The maximum atomic E-state index is 10.9. The third-order valence-corrected chi connectivity index (χ3v) is 2.95. The van der Waals surface area contributed by atoms with E-state index in [0.29, 0.717) is 0 Å². The van der Waals surface area contributed by atoms with Gasteiger partial charge in [-0.25, -0.2) is 8.42 Å². The van der Waals surface area contributed by atoms with Gasteiger partial charge in [0, 0.05) is 6.26 Å². The second-order valence-electron chi connectivity index (χ2n) is 3.75. The summed E-state index contributed by atoms with van der Waals surface area (Å²) >= 11 is 0. The number of ether oxygens (including phenoxy) is 1. The van der Waals surface area contributed by atoms with Crippen molar-refractivity contribution in [1.82, 2.24) is 0 Å². The largest absolute Gasteiger partial charge is 0.492 e. The van der Waals surface area contributed by atoms with Crippen LogP contribution in [0.25, 0.3) is 0 Å². The van der Waals surface area contributed by atoms with E-state index >= 15 is 0 Å². The predicted octanol–water partition coefficient (Wildman–Crippen LogP) is 1.73. The number of sulfone groups is 1. The van der Waals surface area contributed by atoms with Crippen molar-refractivity contribution < 1.29 is 13.2 Å². The molecule has 0 saturated carbocycles. The van der Waals surface area contributed by atoms with E-state index in [2.05, 4.69) is 0 Å². The Morgan fingerprint density at radius 2 is 1.93 bits per heavy atom. The van der Waals surface area contributed by atoms with Crippen molar-refractivity contribution in [3.05, 3.63) is 29.3 Å². The average Bonchev–Trinajstić information content (AvgIpc) is 2.07. The van der Waals surface area contributed by atoms with Crippen LogP contribution in [0.1, 0.15) is 11.1 Å². The zero-order valence-corrected chi connectivity index (χ0v) is 10.1. The second-order valence-corrected chi connectivity index (χ2v) is 6.01. The molecule has 0 fully saturated rings. The third kappa shape index (κ3) is 4.34. The first-order valence-electron chi connectivity index (χ1n) is 4.76. The van der Waals surface area contributed by atoms with Crippen molar-refractivity contribution in [3.63, 3.8) is 0 Å². The lowest BCUT2D eigenvalue weighted by molar-refractivity contribution is 0.338. The van der Waals surface area contributed by atoms with Crippen LogP contribution in [0.2, 0.25) is 0 Å². The van der Waals surface area contributed by atoms with Gasteiger partial charge >= 0.3 is 0 Å². The summed E-state index contributed by atoms with van der Waals surface area (Å²) < 4.78 is 27.1. The molecular formula is C11H16O3S. The minimum atomic E-state index is -2.94. The first kappa shape index (κ1) is 12.0. The molecule has 1 aromatic carbocycles. The van der Waals surface area contributed by atoms with Crippen LogP contribution in [-0.2, 0) is 9.84 Å². The minimum Gasteiger partial charge on any atom is -0.492 e. The van der Waals surface area contributed by atoms with E-state index in [0.717, 1.165) is 11.3 Å². The van der Waals surface area contributed by atoms with Gasteiger partial charge in [0.25, 0.3) is 0 Å². The highest BCUT2D eigenvalue weighted by Gasteiger charge is 2.04. The SMILES string of the molecule is Cc1ccc(OCCS(C)(=O)=O)c(C)c1. The van der Waals surface area contributed by atoms with E-state index in [9.17, 15) is 8.42 Å². The fraction of sp³-hybridized carbons (Fsp3) is 0.455. The summed E-state index contributed by atoms with van der Waals surface area (Å²) in [5, 5.41) is 0. The smallest absolute Gasteiger partial charge is 0.150 e. The summed E-state index contributed by atoms with van der Waals surface area (Å²) in [4.78, 5) is 0. The molecule has 1 aromatic rings. The monoisotopic (exact) mass is 228 g/mol. The number of aryl methyl sites for hydroxylation is 2. The Hall–Kier alpha value is -1.03. The van der Waals surface area contributed by atoms with Gasteiger partial charge in [-0.2, -0.15) is 0 Å². The molecule has 1 rings (SSSR count). The highest BCUT2D eigenvalue weighted by molar-refractivity contribution is 7.90. The predicted molar refractivity (Wildman–Crippen MR) is 61.1 cm³/mol. The van der Waals surface area contributed by atoms with E-state index in [4.69, 9.17) is 4.74 Å². The number of benzene rings is 1. The Morgan fingerprint density at radius 1 is 1.27 bits per heavy atom. The number of hydrogen-bond acceptors (Lipinski definition) is 3. The standard InChI is InChI=1S/C11H16O3S/c1-9-4-5-11(10(2)8-9)14-6-7-15(3,12)13/h4-5,8H,6-7H2,1-3H3. The van der Waals surface area contributed by atoms with Crippen LogP contribution < -0.4 is 4.74 Å². The molecule has 4 heteroatoms. The minimum absolute atomic E-state index is 0.0559. The van der Waals surface area contributed by atoms with E-state index in [1.165, 1.54) is 11.8 Å². The summed E-state index contributed by atoms with van der Waals surface area (Å²) in [6.07, 6.45) is 1.21. The highest BCUT2D eigenvalue weighted by atomic mass is 32.2. The molecule has 15 heavy (non-hydrogen) atoms. The van der Waals surface area contributed by atoms with Crippen molar-refractivity contribution in [3.8, 4) is 5.75 Å². The lowest BCUT2D eigenvalue weighted by Gasteiger charge is -2.08. The summed E-state index contributed by atoms with van der Waals surface area (Å²) in [6.45, 7) is 4.17. The fourth-order valence-electron chi connectivity index (χ4n) is 1.26. The Balaban J connectivity index is 2.59. The van der Waals surface area contributed by atoms with Gasteiger partial charge in [0.1, 0.15) is 12.4 Å². The summed E-state index contributed by atoms with van der Waals surface area (Å²) in [5.41, 5.74) is 2.20.